The van der Waals surface area contributed by atoms with Crippen LogP contribution in [0.15, 0.2) is 54.6 Å². The number of aliphatic hydroxyl groups excluding tert-OH is 4. The van der Waals surface area contributed by atoms with Crippen LogP contribution in [0.3, 0.4) is 0 Å². The number of phenolic OH excluding ortho intramolecular Hbond substituents is 1. The summed E-state index contributed by atoms with van der Waals surface area (Å²) in [4.78, 5) is 185. The quantitative estimate of drug-likeness (QED) is 0.0274. The summed E-state index contributed by atoms with van der Waals surface area (Å²) in [6, 6.07) is -3.53. The van der Waals surface area contributed by atoms with E-state index in [1.165, 1.54) is 30.8 Å². The van der Waals surface area contributed by atoms with Crippen LogP contribution in [0, 0.1) is 0 Å². The molecule has 25 N–H and O–H groups in total. The number of nitrogens with one attached hydrogen (secondary N) is 11. The van der Waals surface area contributed by atoms with Gasteiger partial charge in [-0.25, -0.2) is 4.79 Å². The lowest BCUT2D eigenvalue weighted by molar-refractivity contribution is -0.145. The number of carbonyl (C=O) groups is 14. The van der Waals surface area contributed by atoms with E-state index in [0.29, 0.717) is 11.1 Å². The van der Waals surface area contributed by atoms with Gasteiger partial charge in [-0.3, -0.25) is 62.3 Å². The number of aliphatic carboxylic acids is 1. The Balaban J connectivity index is 2.30. The summed E-state index contributed by atoms with van der Waals surface area (Å²) in [6.45, 7) is 0.579. The lowest BCUT2D eigenvalue weighted by Gasteiger charge is -2.28. The lowest BCUT2D eigenvalue weighted by atomic mass is 10.0. The SMILES string of the molecule is CSCC[C@H](NC(=O)[C@H](Cc1ccccc1)NC(=O)CNC(=O)[C@@H](C)NC(=O)[C@@H](N)Cc1ccc(O)cc1)C(=O)N[C@H](C(=O)N[C@@H](CO)C(=O)N[C@@H](CCC(N)=O)C(=O)N[C@@H](CCCCN)C(=O)N[C@@H](CO)C(=O)N[C@@H](CCC(N)=O)C(=O)N[C@H](C(=O)O)[C@@H](C)O)[C@@H](C)O. The number of aliphatic hydroxyl groups is 4. The van der Waals surface area contributed by atoms with Gasteiger partial charge in [0.05, 0.1) is 38.0 Å². The Labute approximate surface area is 545 Å². The Morgan fingerprint density at radius 1 is 0.479 bits per heavy atom. The van der Waals surface area contributed by atoms with Crippen molar-refractivity contribution in [3.05, 3.63) is 65.7 Å². The molecule has 13 amide bonds. The summed E-state index contributed by atoms with van der Waals surface area (Å²) in [5, 5.41) is 85.7. The molecule has 0 saturated carbocycles. The zero-order valence-corrected chi connectivity index (χ0v) is 53.2. The van der Waals surface area contributed by atoms with Crippen LogP contribution in [0.4, 0.5) is 0 Å². The number of benzene rings is 2. The third-order valence-electron chi connectivity index (χ3n) is 14.0. The molecule has 13 atom stereocenters. The van der Waals surface area contributed by atoms with Crippen LogP contribution in [-0.2, 0) is 80.0 Å². The number of carboxylic acid groups (broad SMARTS) is 1. The Morgan fingerprint density at radius 2 is 0.904 bits per heavy atom. The van der Waals surface area contributed by atoms with Gasteiger partial charge in [0.15, 0.2) is 6.04 Å². The number of hydrogen-bond donors (Lipinski definition) is 21. The third-order valence-corrected chi connectivity index (χ3v) is 14.7. The second kappa shape index (κ2) is 42.2. The van der Waals surface area contributed by atoms with Gasteiger partial charge in [0, 0.05) is 19.3 Å². The van der Waals surface area contributed by atoms with Gasteiger partial charge in [0.2, 0.25) is 76.8 Å². The number of rotatable bonds is 44. The molecule has 0 spiro atoms. The monoisotopic (exact) mass is 1350 g/mol. The van der Waals surface area contributed by atoms with Crippen LogP contribution in [0.5, 0.6) is 5.75 Å². The molecule has 94 heavy (non-hydrogen) atoms. The van der Waals surface area contributed by atoms with E-state index in [-0.39, 0.29) is 56.6 Å². The second-order valence-electron chi connectivity index (χ2n) is 21.8. The van der Waals surface area contributed by atoms with Crippen LogP contribution in [0.1, 0.15) is 83.3 Å². The first-order valence-corrected chi connectivity index (χ1v) is 31.2. The minimum atomic E-state index is -1.97. The molecule has 0 radical (unpaired) electrons. The van der Waals surface area contributed by atoms with Crippen molar-refractivity contribution in [2.75, 3.05) is 38.3 Å². The van der Waals surface area contributed by atoms with Crippen molar-refractivity contribution < 1.29 is 97.8 Å². The fraction of sp³-hybridized carbons (Fsp3) is 0.552. The number of amides is 13. The van der Waals surface area contributed by atoms with E-state index in [2.05, 4.69) is 53.2 Å². The van der Waals surface area contributed by atoms with Crippen LogP contribution < -0.4 is 81.4 Å². The third kappa shape index (κ3) is 29.7. The van der Waals surface area contributed by atoms with Gasteiger partial charge in [-0.15, -0.1) is 0 Å². The summed E-state index contributed by atoms with van der Waals surface area (Å²) in [5.74, 6) is -14.9. The second-order valence-corrected chi connectivity index (χ2v) is 22.8. The van der Waals surface area contributed by atoms with E-state index in [4.69, 9.17) is 22.9 Å². The molecule has 0 aliphatic carbocycles. The number of unbranched alkanes of at least 4 members (excludes halogenated alkanes) is 1. The van der Waals surface area contributed by atoms with Crippen LogP contribution in [0.2, 0.25) is 0 Å². The molecule has 0 fully saturated rings. The predicted molar refractivity (Wildman–Crippen MR) is 336 cm³/mol. The lowest BCUT2D eigenvalue weighted by Crippen LogP contribution is -2.62. The van der Waals surface area contributed by atoms with Crippen LogP contribution >= 0.6 is 11.8 Å². The van der Waals surface area contributed by atoms with Gasteiger partial charge in [0.25, 0.3) is 0 Å². The van der Waals surface area contributed by atoms with E-state index in [9.17, 15) is 97.8 Å². The Bertz CT molecular complexity index is 2890. The fourth-order valence-electron chi connectivity index (χ4n) is 8.68. The highest BCUT2D eigenvalue weighted by molar-refractivity contribution is 7.98. The van der Waals surface area contributed by atoms with Crippen molar-refractivity contribution in [3.63, 3.8) is 0 Å². The van der Waals surface area contributed by atoms with Crippen molar-refractivity contribution >= 4 is 94.5 Å². The van der Waals surface area contributed by atoms with Gasteiger partial charge in [-0.05, 0) is 108 Å². The zero-order chi connectivity index (χ0) is 70.8. The number of primary amides is 2. The Morgan fingerprint density at radius 3 is 1.36 bits per heavy atom. The molecule has 2 aromatic rings. The molecule has 0 aliphatic heterocycles. The van der Waals surface area contributed by atoms with E-state index in [1.54, 1.807) is 48.7 Å². The largest absolute Gasteiger partial charge is 0.508 e. The number of carboxylic acids is 1. The van der Waals surface area contributed by atoms with Crippen molar-refractivity contribution in [3.8, 4) is 5.75 Å². The zero-order valence-electron chi connectivity index (χ0n) is 52.4. The van der Waals surface area contributed by atoms with Gasteiger partial charge in [-0.2, -0.15) is 11.8 Å². The minimum absolute atomic E-state index is 0.0157. The standard InChI is InChI=1S/C58H89N15O20S/c1-29(64-49(83)35(60)24-33-13-15-34(78)16-14-33)48(82)63-26-45(81)65-40(25-32-10-6-5-7-11-32)54(88)69-39(21-23-94-4)53(87)72-46(30(2)76)57(91)71-42(28-75)56(90)67-37(17-19-43(61)79)51(85)66-36(12-8-9-22-59)50(84)70-41(27-74)55(89)68-38(18-20-44(62)80)52(86)73-47(31(3)77)58(92)93/h5-7,10-11,13-16,29-31,35-42,46-47,74-78H,8-9,12,17-28,59-60H2,1-4H3,(H2,61,79)(H2,62,80)(H,63,82)(H,64,83)(H,65,81)(H,66,85)(H,67,90)(H,68,89)(H,69,88)(H,70,84)(H,71,91)(H,72,87)(H,73,86)(H,92,93)/t29-,30-,31-,35+,36+,37+,38+,39+,40+,41+,42+,46+,47+/m1/s1. The van der Waals surface area contributed by atoms with Crippen molar-refractivity contribution in [1.29, 1.82) is 0 Å². The molecular weight excluding hydrogens is 1260 g/mol. The van der Waals surface area contributed by atoms with Crippen LogP contribution in [-0.4, -0.2) is 230 Å². The van der Waals surface area contributed by atoms with E-state index in [1.807, 2.05) is 5.32 Å². The smallest absolute Gasteiger partial charge is 0.328 e. The average molecular weight is 1350 g/mol. The maximum absolute atomic E-state index is 14.1. The number of aromatic hydroxyl groups is 1. The summed E-state index contributed by atoms with van der Waals surface area (Å²) in [5.41, 5.74) is 23.5. The number of phenols is 1. The Kier molecular flexibility index (Phi) is 36.4. The molecule has 2 aromatic carbocycles. The number of carbonyl (C=O) groups excluding carboxylic acids is 13. The van der Waals surface area contributed by atoms with E-state index in [0.717, 1.165) is 13.8 Å². The first-order chi connectivity index (χ1) is 44.3. The van der Waals surface area contributed by atoms with Crippen LogP contribution in [0.25, 0.3) is 0 Å². The van der Waals surface area contributed by atoms with Crippen molar-refractivity contribution in [2.45, 2.75) is 164 Å². The fourth-order valence-corrected chi connectivity index (χ4v) is 9.15. The maximum Gasteiger partial charge on any atom is 0.328 e. The highest BCUT2D eigenvalue weighted by Gasteiger charge is 2.37. The van der Waals surface area contributed by atoms with Crippen molar-refractivity contribution in [2.24, 2.45) is 22.9 Å². The average Bonchev–Trinajstić information content (AvgIpc) is 0.901. The first-order valence-electron chi connectivity index (χ1n) is 29.8. The van der Waals surface area contributed by atoms with Gasteiger partial charge >= 0.3 is 5.97 Å². The molecule has 0 aromatic heterocycles. The summed E-state index contributed by atoms with van der Waals surface area (Å²) in [7, 11) is 0. The molecule has 0 bridgehead atoms. The highest BCUT2D eigenvalue weighted by Crippen LogP contribution is 2.13. The van der Waals surface area contributed by atoms with Gasteiger partial charge in [0.1, 0.15) is 60.1 Å². The maximum atomic E-state index is 14.1. The molecule has 0 saturated heterocycles. The minimum Gasteiger partial charge on any atom is -0.508 e. The summed E-state index contributed by atoms with van der Waals surface area (Å²) >= 11 is 1.26. The molecule has 35 nitrogen and oxygen atoms in total. The predicted octanol–water partition coefficient (Wildman–Crippen LogP) is -8.27. The summed E-state index contributed by atoms with van der Waals surface area (Å²) < 4.78 is 0. The van der Waals surface area contributed by atoms with E-state index >= 15 is 0 Å². The van der Waals surface area contributed by atoms with Gasteiger partial charge < -0.3 is 112 Å². The normalized spacial score (nSPS) is 15.2. The topological polar surface area (TPSA) is 597 Å². The Hall–Kier alpha value is -9.07. The van der Waals surface area contributed by atoms with Gasteiger partial charge in [-0.1, -0.05) is 42.5 Å². The molecule has 0 heterocycles. The molecule has 0 aliphatic rings. The highest BCUT2D eigenvalue weighted by atomic mass is 32.2. The summed E-state index contributed by atoms with van der Waals surface area (Å²) in [6.07, 6.45) is -3.80. The molecular formula is C58H89N15O20S. The number of nitrogens with two attached hydrogens (primary N) is 4. The molecule has 0 unspecified atom stereocenters. The van der Waals surface area contributed by atoms with E-state index < -0.39 is 207 Å². The van der Waals surface area contributed by atoms with Crippen molar-refractivity contribution in [1.82, 2.24) is 58.5 Å². The number of thioether (sulfide) groups is 1. The molecule has 2 rings (SSSR count). The first kappa shape index (κ1) is 81.0. The molecule has 36 heteroatoms. The number of hydrogen-bond acceptors (Lipinski definition) is 22. The molecule has 522 valence electrons.